The average Bonchev–Trinajstić information content (AvgIpc) is 3.23. The van der Waals surface area contributed by atoms with E-state index in [4.69, 9.17) is 0 Å². The first-order valence-electron chi connectivity index (χ1n) is 7.07. The molecule has 1 saturated heterocycles. The molecule has 2 fully saturated rings. The summed E-state index contributed by atoms with van der Waals surface area (Å²) in [5.41, 5.74) is 0.967. The molecule has 0 radical (unpaired) electrons. The van der Waals surface area contributed by atoms with Crippen LogP contribution in [0, 0.1) is 12.8 Å². The van der Waals surface area contributed by atoms with Gasteiger partial charge in [-0.15, -0.1) is 0 Å². The molecule has 0 bridgehead atoms. The maximum Gasteiger partial charge on any atom is 0.225 e. The van der Waals surface area contributed by atoms with Gasteiger partial charge >= 0.3 is 0 Å². The van der Waals surface area contributed by atoms with E-state index in [0.717, 1.165) is 50.4 Å². The second kappa shape index (κ2) is 5.15. The minimum atomic E-state index is 0.0819. The van der Waals surface area contributed by atoms with Gasteiger partial charge in [0, 0.05) is 31.0 Å². The topological polar surface area (TPSA) is 58.1 Å². The minimum Gasteiger partial charge on any atom is -0.353 e. The summed E-state index contributed by atoms with van der Waals surface area (Å²) < 4.78 is 0. The maximum atomic E-state index is 12.1. The molecule has 0 spiro atoms. The van der Waals surface area contributed by atoms with Gasteiger partial charge in [0.05, 0.1) is 5.92 Å². The van der Waals surface area contributed by atoms with Crippen LogP contribution in [0.5, 0.6) is 0 Å². The molecule has 1 N–H and O–H groups in total. The lowest BCUT2D eigenvalue weighted by molar-refractivity contribution is -0.125. The van der Waals surface area contributed by atoms with Gasteiger partial charge in [-0.05, 0) is 38.7 Å². The number of carbonyl (C=O) groups is 1. The third-order valence-electron chi connectivity index (χ3n) is 3.78. The maximum absolute atomic E-state index is 12.1. The number of amides is 1. The van der Waals surface area contributed by atoms with Crippen molar-refractivity contribution in [2.45, 2.75) is 38.6 Å². The lowest BCUT2D eigenvalue weighted by Crippen LogP contribution is -2.44. The van der Waals surface area contributed by atoms with Crippen LogP contribution in [0.2, 0.25) is 0 Å². The van der Waals surface area contributed by atoms with Crippen molar-refractivity contribution >= 4 is 11.9 Å². The first-order chi connectivity index (χ1) is 9.22. The second-order valence-electron chi connectivity index (χ2n) is 5.57. The molecule has 1 amide bonds. The number of hydrogen-bond acceptors (Lipinski definition) is 4. The van der Waals surface area contributed by atoms with Crippen molar-refractivity contribution in [2.75, 3.05) is 18.0 Å². The van der Waals surface area contributed by atoms with Crippen LogP contribution in [0.15, 0.2) is 12.3 Å². The van der Waals surface area contributed by atoms with Crippen LogP contribution >= 0.6 is 0 Å². The van der Waals surface area contributed by atoms with Gasteiger partial charge in [0.1, 0.15) is 0 Å². The number of piperidine rings is 1. The number of nitrogens with one attached hydrogen (secondary N) is 1. The summed E-state index contributed by atoms with van der Waals surface area (Å²) in [4.78, 5) is 23.0. The molecular formula is C14H20N4O. The molecule has 1 aliphatic carbocycles. The molecule has 0 unspecified atom stereocenters. The quantitative estimate of drug-likeness (QED) is 0.889. The predicted octanol–water partition coefficient (Wildman–Crippen LogP) is 1.28. The molecule has 1 aromatic heterocycles. The van der Waals surface area contributed by atoms with Crippen molar-refractivity contribution in [3.8, 4) is 0 Å². The Morgan fingerprint density at radius 1 is 1.42 bits per heavy atom. The summed E-state index contributed by atoms with van der Waals surface area (Å²) in [6.07, 6.45) is 6.07. The molecule has 3 rings (SSSR count). The van der Waals surface area contributed by atoms with Gasteiger partial charge in [0.15, 0.2) is 0 Å². The molecular weight excluding hydrogens is 240 g/mol. The largest absolute Gasteiger partial charge is 0.353 e. The smallest absolute Gasteiger partial charge is 0.225 e. The third-order valence-corrected chi connectivity index (χ3v) is 3.78. The summed E-state index contributed by atoms with van der Waals surface area (Å²) in [5.74, 6) is 1.04. The van der Waals surface area contributed by atoms with Crippen LogP contribution in [-0.4, -0.2) is 35.0 Å². The Labute approximate surface area is 113 Å². The Morgan fingerprint density at radius 3 is 3.00 bits per heavy atom. The van der Waals surface area contributed by atoms with E-state index in [9.17, 15) is 4.79 Å². The van der Waals surface area contributed by atoms with E-state index in [1.54, 1.807) is 6.20 Å². The highest BCUT2D eigenvalue weighted by Crippen LogP contribution is 2.23. The van der Waals surface area contributed by atoms with Crippen LogP contribution in [0.4, 0.5) is 5.95 Å². The molecule has 102 valence electrons. The number of aromatic nitrogens is 2. The SMILES string of the molecule is Cc1ccnc(N2CCC[C@@H](C(=O)NC3CC3)C2)n1. The van der Waals surface area contributed by atoms with Crippen molar-refractivity contribution < 1.29 is 4.79 Å². The van der Waals surface area contributed by atoms with Crippen molar-refractivity contribution in [1.82, 2.24) is 15.3 Å². The predicted molar refractivity (Wildman–Crippen MR) is 72.9 cm³/mol. The third kappa shape index (κ3) is 3.03. The molecule has 1 aromatic rings. The Morgan fingerprint density at radius 2 is 2.26 bits per heavy atom. The lowest BCUT2D eigenvalue weighted by atomic mass is 9.97. The Hall–Kier alpha value is -1.65. The number of hydrogen-bond donors (Lipinski definition) is 1. The van der Waals surface area contributed by atoms with Crippen molar-refractivity contribution in [2.24, 2.45) is 5.92 Å². The lowest BCUT2D eigenvalue weighted by Gasteiger charge is -2.32. The monoisotopic (exact) mass is 260 g/mol. The molecule has 1 saturated carbocycles. The molecule has 2 aliphatic rings. The molecule has 2 heterocycles. The first kappa shape index (κ1) is 12.4. The zero-order valence-corrected chi connectivity index (χ0v) is 11.3. The highest BCUT2D eigenvalue weighted by atomic mass is 16.2. The Kier molecular flexibility index (Phi) is 3.36. The molecule has 0 aromatic carbocycles. The average molecular weight is 260 g/mol. The number of anilines is 1. The minimum absolute atomic E-state index is 0.0819. The summed E-state index contributed by atoms with van der Waals surface area (Å²) >= 11 is 0. The highest BCUT2D eigenvalue weighted by Gasteiger charge is 2.31. The van der Waals surface area contributed by atoms with Crippen LogP contribution in [0.25, 0.3) is 0 Å². The van der Waals surface area contributed by atoms with Crippen molar-refractivity contribution in [3.05, 3.63) is 18.0 Å². The molecule has 19 heavy (non-hydrogen) atoms. The van der Waals surface area contributed by atoms with Crippen molar-refractivity contribution in [3.63, 3.8) is 0 Å². The van der Waals surface area contributed by atoms with E-state index in [-0.39, 0.29) is 11.8 Å². The molecule has 5 heteroatoms. The molecule has 1 aliphatic heterocycles. The first-order valence-corrected chi connectivity index (χ1v) is 7.07. The van der Waals surface area contributed by atoms with Crippen LogP contribution < -0.4 is 10.2 Å². The van der Waals surface area contributed by atoms with Gasteiger partial charge < -0.3 is 10.2 Å². The van der Waals surface area contributed by atoms with Gasteiger partial charge in [-0.25, -0.2) is 9.97 Å². The van der Waals surface area contributed by atoms with Crippen LogP contribution in [-0.2, 0) is 4.79 Å². The Balaban J connectivity index is 1.65. The number of rotatable bonds is 3. The fourth-order valence-electron chi connectivity index (χ4n) is 2.51. The number of aryl methyl sites for hydroxylation is 1. The summed E-state index contributed by atoms with van der Waals surface area (Å²) in [7, 11) is 0. The van der Waals surface area contributed by atoms with Gasteiger partial charge in [-0.3, -0.25) is 4.79 Å². The fraction of sp³-hybridized carbons (Fsp3) is 0.643. The standard InChI is InChI=1S/C14H20N4O/c1-10-6-7-15-14(16-10)18-8-2-3-11(9-18)13(19)17-12-4-5-12/h6-7,11-12H,2-5,8-9H2,1H3,(H,17,19)/t11-/m1/s1. The van der Waals surface area contributed by atoms with Crippen LogP contribution in [0.3, 0.4) is 0 Å². The van der Waals surface area contributed by atoms with Gasteiger partial charge in [-0.2, -0.15) is 0 Å². The highest BCUT2D eigenvalue weighted by molar-refractivity contribution is 5.80. The zero-order valence-electron chi connectivity index (χ0n) is 11.3. The van der Waals surface area contributed by atoms with Crippen LogP contribution in [0.1, 0.15) is 31.4 Å². The summed E-state index contributed by atoms with van der Waals surface area (Å²) in [6.45, 7) is 3.64. The summed E-state index contributed by atoms with van der Waals surface area (Å²) in [6, 6.07) is 2.34. The zero-order chi connectivity index (χ0) is 13.2. The van der Waals surface area contributed by atoms with E-state index in [0.29, 0.717) is 6.04 Å². The van der Waals surface area contributed by atoms with E-state index in [1.165, 1.54) is 0 Å². The molecule has 5 nitrogen and oxygen atoms in total. The van der Waals surface area contributed by atoms with E-state index in [1.807, 2.05) is 13.0 Å². The van der Waals surface area contributed by atoms with E-state index < -0.39 is 0 Å². The van der Waals surface area contributed by atoms with Gasteiger partial charge in [-0.1, -0.05) is 0 Å². The van der Waals surface area contributed by atoms with Gasteiger partial charge in [0.2, 0.25) is 11.9 Å². The summed E-state index contributed by atoms with van der Waals surface area (Å²) in [5, 5.41) is 3.10. The van der Waals surface area contributed by atoms with E-state index >= 15 is 0 Å². The second-order valence-corrected chi connectivity index (χ2v) is 5.57. The van der Waals surface area contributed by atoms with Crippen molar-refractivity contribution in [1.29, 1.82) is 0 Å². The number of nitrogens with zero attached hydrogens (tertiary/aromatic N) is 3. The van der Waals surface area contributed by atoms with Gasteiger partial charge in [0.25, 0.3) is 0 Å². The molecule has 1 atom stereocenters. The normalized spacial score (nSPS) is 23.2. The Bertz CT molecular complexity index is 472. The van der Waals surface area contributed by atoms with E-state index in [2.05, 4.69) is 20.2 Å². The number of carbonyl (C=O) groups excluding carboxylic acids is 1. The fourth-order valence-corrected chi connectivity index (χ4v) is 2.51.